The predicted octanol–water partition coefficient (Wildman–Crippen LogP) is 2.25. The molecule has 0 aromatic rings. The normalized spacial score (nSPS) is 15.4. The van der Waals surface area contributed by atoms with Crippen LogP contribution in [0.25, 0.3) is 0 Å². The van der Waals surface area contributed by atoms with Crippen LogP contribution in [0.2, 0.25) is 0 Å². The van der Waals surface area contributed by atoms with E-state index < -0.39 is 0 Å². The van der Waals surface area contributed by atoms with Crippen LogP contribution in [0.5, 0.6) is 0 Å². The van der Waals surface area contributed by atoms with Crippen molar-refractivity contribution in [2.45, 2.75) is 58.5 Å². The van der Waals surface area contributed by atoms with Crippen molar-refractivity contribution >= 4 is 0 Å². The van der Waals surface area contributed by atoms with Crippen LogP contribution < -0.4 is 5.73 Å². The third-order valence-corrected chi connectivity index (χ3v) is 3.15. The molecule has 0 saturated heterocycles. The summed E-state index contributed by atoms with van der Waals surface area (Å²) in [5.74, 6) is 0. The molecule has 0 aromatic carbocycles. The van der Waals surface area contributed by atoms with Gasteiger partial charge in [-0.3, -0.25) is 4.90 Å². The van der Waals surface area contributed by atoms with E-state index in [0.29, 0.717) is 12.1 Å². The zero-order valence-corrected chi connectivity index (χ0v) is 11.5. The molecule has 0 fully saturated rings. The first-order chi connectivity index (χ1) is 7.61. The van der Waals surface area contributed by atoms with Gasteiger partial charge in [0.15, 0.2) is 0 Å². The number of nitrogens with zero attached hydrogens (tertiary/aromatic N) is 1. The van der Waals surface area contributed by atoms with Crippen LogP contribution in [0.15, 0.2) is 0 Å². The maximum Gasteiger partial charge on any atom is 0.0589 e. The van der Waals surface area contributed by atoms with Crippen LogP contribution >= 0.6 is 0 Å². The van der Waals surface area contributed by atoms with Gasteiger partial charge in [-0.25, -0.2) is 0 Å². The Labute approximate surface area is 101 Å². The molecule has 98 valence electrons. The molecule has 0 aliphatic rings. The molecule has 16 heavy (non-hydrogen) atoms. The molecule has 2 atom stereocenters. The van der Waals surface area contributed by atoms with Crippen LogP contribution in [-0.2, 0) is 4.74 Å². The quantitative estimate of drug-likeness (QED) is 0.585. The topological polar surface area (TPSA) is 38.5 Å². The number of methoxy groups -OCH3 is 1. The summed E-state index contributed by atoms with van der Waals surface area (Å²) in [6.45, 7) is 9.66. The highest BCUT2D eigenvalue weighted by Gasteiger charge is 2.10. The summed E-state index contributed by atoms with van der Waals surface area (Å²) >= 11 is 0. The average Bonchev–Trinajstić information content (AvgIpc) is 2.26. The van der Waals surface area contributed by atoms with Crippen molar-refractivity contribution in [3.63, 3.8) is 0 Å². The molecule has 3 nitrogen and oxygen atoms in total. The Morgan fingerprint density at radius 1 is 1.19 bits per heavy atom. The van der Waals surface area contributed by atoms with Gasteiger partial charge in [-0.1, -0.05) is 13.3 Å². The van der Waals surface area contributed by atoms with Crippen molar-refractivity contribution in [2.24, 2.45) is 5.73 Å². The Morgan fingerprint density at radius 3 is 2.38 bits per heavy atom. The summed E-state index contributed by atoms with van der Waals surface area (Å²) in [7, 11) is 1.77. The lowest BCUT2D eigenvalue weighted by molar-refractivity contribution is 0.121. The summed E-state index contributed by atoms with van der Waals surface area (Å²) in [5.41, 5.74) is 5.74. The second-order valence-corrected chi connectivity index (χ2v) is 4.76. The van der Waals surface area contributed by atoms with E-state index in [1.54, 1.807) is 7.11 Å². The fourth-order valence-corrected chi connectivity index (χ4v) is 1.80. The minimum Gasteiger partial charge on any atom is -0.383 e. The molecule has 0 spiro atoms. The van der Waals surface area contributed by atoms with Gasteiger partial charge in [0.2, 0.25) is 0 Å². The van der Waals surface area contributed by atoms with E-state index in [4.69, 9.17) is 10.5 Å². The molecule has 2 unspecified atom stereocenters. The predicted molar refractivity (Wildman–Crippen MR) is 70.7 cm³/mol. The van der Waals surface area contributed by atoms with E-state index in [1.165, 1.54) is 25.8 Å². The monoisotopic (exact) mass is 230 g/mol. The van der Waals surface area contributed by atoms with Crippen molar-refractivity contribution in [1.82, 2.24) is 4.90 Å². The largest absolute Gasteiger partial charge is 0.383 e. The zero-order chi connectivity index (χ0) is 12.4. The Kier molecular flexibility index (Phi) is 9.99. The van der Waals surface area contributed by atoms with Crippen LogP contribution in [0.1, 0.15) is 46.5 Å². The molecule has 0 bridgehead atoms. The summed E-state index contributed by atoms with van der Waals surface area (Å²) in [6.07, 6.45) is 4.82. The molecule has 0 rings (SSSR count). The minimum atomic E-state index is 0.344. The molecule has 3 heteroatoms. The third kappa shape index (κ3) is 8.08. The highest BCUT2D eigenvalue weighted by molar-refractivity contribution is 4.66. The standard InChI is InChI=1S/C13H30N2O/c1-5-13(3)15(10-11-16-4)9-7-6-8-12(2)14/h12-13H,5-11,14H2,1-4H3. The number of unbranched alkanes of at least 4 members (excludes halogenated alkanes) is 1. The van der Waals surface area contributed by atoms with Crippen molar-refractivity contribution in [2.75, 3.05) is 26.8 Å². The second-order valence-electron chi connectivity index (χ2n) is 4.76. The molecule has 0 aromatic heterocycles. The minimum absolute atomic E-state index is 0.344. The summed E-state index contributed by atoms with van der Waals surface area (Å²) in [5, 5.41) is 0. The Bertz CT molecular complexity index is 151. The zero-order valence-electron chi connectivity index (χ0n) is 11.5. The number of nitrogens with two attached hydrogens (primary N) is 1. The summed E-state index contributed by atoms with van der Waals surface area (Å²) in [6, 6.07) is 1.00. The maximum absolute atomic E-state index is 5.74. The van der Waals surface area contributed by atoms with Gasteiger partial charge in [-0.05, 0) is 39.7 Å². The lowest BCUT2D eigenvalue weighted by atomic mass is 10.1. The molecule has 0 radical (unpaired) electrons. The van der Waals surface area contributed by atoms with E-state index in [-0.39, 0.29) is 0 Å². The average molecular weight is 230 g/mol. The van der Waals surface area contributed by atoms with Gasteiger partial charge in [0.05, 0.1) is 6.61 Å². The fourth-order valence-electron chi connectivity index (χ4n) is 1.80. The van der Waals surface area contributed by atoms with Crippen LogP contribution in [0.4, 0.5) is 0 Å². The van der Waals surface area contributed by atoms with E-state index in [1.807, 2.05) is 0 Å². The van der Waals surface area contributed by atoms with Gasteiger partial charge in [-0.15, -0.1) is 0 Å². The number of hydrogen-bond donors (Lipinski definition) is 1. The van der Waals surface area contributed by atoms with Gasteiger partial charge >= 0.3 is 0 Å². The SMILES string of the molecule is CCC(C)N(CCCCC(C)N)CCOC. The molecule has 0 amide bonds. The van der Waals surface area contributed by atoms with Crippen molar-refractivity contribution in [3.05, 3.63) is 0 Å². The van der Waals surface area contributed by atoms with Crippen LogP contribution in [-0.4, -0.2) is 43.8 Å². The lowest BCUT2D eigenvalue weighted by Crippen LogP contribution is -2.36. The lowest BCUT2D eigenvalue weighted by Gasteiger charge is -2.28. The first-order valence-electron chi connectivity index (χ1n) is 6.60. The third-order valence-electron chi connectivity index (χ3n) is 3.15. The molecular formula is C13H30N2O. The molecule has 0 aliphatic heterocycles. The van der Waals surface area contributed by atoms with E-state index >= 15 is 0 Å². The van der Waals surface area contributed by atoms with Crippen molar-refractivity contribution in [1.29, 1.82) is 0 Å². The fraction of sp³-hybridized carbons (Fsp3) is 1.00. The summed E-state index contributed by atoms with van der Waals surface area (Å²) < 4.78 is 5.15. The Morgan fingerprint density at radius 2 is 1.88 bits per heavy atom. The van der Waals surface area contributed by atoms with Crippen molar-refractivity contribution < 1.29 is 4.74 Å². The number of hydrogen-bond acceptors (Lipinski definition) is 3. The van der Waals surface area contributed by atoms with Gasteiger partial charge < -0.3 is 10.5 Å². The van der Waals surface area contributed by atoms with E-state index in [0.717, 1.165) is 19.6 Å². The van der Waals surface area contributed by atoms with Gasteiger partial charge in [-0.2, -0.15) is 0 Å². The van der Waals surface area contributed by atoms with Crippen LogP contribution in [0.3, 0.4) is 0 Å². The summed E-state index contributed by atoms with van der Waals surface area (Å²) in [4.78, 5) is 2.52. The van der Waals surface area contributed by atoms with Gasteiger partial charge in [0, 0.05) is 25.7 Å². The molecule has 0 saturated carbocycles. The number of ether oxygens (including phenoxy) is 1. The maximum atomic E-state index is 5.74. The molecule has 0 heterocycles. The highest BCUT2D eigenvalue weighted by Crippen LogP contribution is 2.07. The van der Waals surface area contributed by atoms with Crippen molar-refractivity contribution in [3.8, 4) is 0 Å². The Balaban J connectivity index is 3.73. The number of rotatable bonds is 10. The van der Waals surface area contributed by atoms with Gasteiger partial charge in [0.25, 0.3) is 0 Å². The molecule has 2 N–H and O–H groups in total. The molecule has 0 aliphatic carbocycles. The smallest absolute Gasteiger partial charge is 0.0589 e. The highest BCUT2D eigenvalue weighted by atomic mass is 16.5. The van der Waals surface area contributed by atoms with E-state index in [2.05, 4.69) is 25.7 Å². The van der Waals surface area contributed by atoms with Crippen LogP contribution in [0, 0.1) is 0 Å². The first kappa shape index (κ1) is 15.9. The molecular weight excluding hydrogens is 200 g/mol. The second kappa shape index (κ2) is 10.1. The van der Waals surface area contributed by atoms with Gasteiger partial charge in [0.1, 0.15) is 0 Å². The Hall–Kier alpha value is -0.120. The van der Waals surface area contributed by atoms with E-state index in [9.17, 15) is 0 Å². The first-order valence-corrected chi connectivity index (χ1v) is 6.60.